The molecule has 3 heteroatoms. The van der Waals surface area contributed by atoms with Crippen LogP contribution >= 0.6 is 0 Å². The lowest BCUT2D eigenvalue weighted by atomic mass is 10.1. The molecule has 0 saturated heterocycles. The van der Waals surface area contributed by atoms with E-state index in [1.165, 1.54) is 87.6 Å². The highest BCUT2D eigenvalue weighted by atomic mass is 15.0. The molecular formula is C46H29N3. The van der Waals surface area contributed by atoms with Gasteiger partial charge in [-0.3, -0.25) is 0 Å². The van der Waals surface area contributed by atoms with Crippen molar-refractivity contribution in [1.82, 2.24) is 13.7 Å². The number of nitrogens with zero attached hydrogens (tertiary/aromatic N) is 3. The molecule has 0 aliphatic rings. The van der Waals surface area contributed by atoms with E-state index in [4.69, 9.17) is 0 Å². The summed E-state index contributed by atoms with van der Waals surface area (Å²) in [6.07, 6.45) is 0. The van der Waals surface area contributed by atoms with E-state index < -0.39 is 0 Å². The molecule has 0 fully saturated rings. The Kier molecular flexibility index (Phi) is 5.38. The molecule has 3 nitrogen and oxygen atoms in total. The molecule has 0 atom stereocenters. The van der Waals surface area contributed by atoms with Crippen molar-refractivity contribution in [3.05, 3.63) is 176 Å². The highest BCUT2D eigenvalue weighted by Gasteiger charge is 2.19. The molecular weight excluding hydrogens is 595 g/mol. The highest BCUT2D eigenvalue weighted by molar-refractivity contribution is 6.14. The Balaban J connectivity index is 1.17. The maximum absolute atomic E-state index is 2.43. The lowest BCUT2D eigenvalue weighted by molar-refractivity contribution is 1.16. The molecule has 0 bridgehead atoms. The van der Waals surface area contributed by atoms with Gasteiger partial charge in [-0.2, -0.15) is 0 Å². The molecule has 49 heavy (non-hydrogen) atoms. The molecule has 0 amide bonds. The number of fused-ring (bicyclic) bond motifs is 10. The SMILES string of the molecule is c1ccc2c(-n3c4ccccc4c4cc(-n5c6ccccc6c6cc(-n7c8ccccc8c8ccccc87)ccc65)ccc43)cccc2c1. The second kappa shape index (κ2) is 9.96. The summed E-state index contributed by atoms with van der Waals surface area (Å²) in [6, 6.07) is 64.2. The van der Waals surface area contributed by atoms with E-state index in [1.807, 2.05) is 0 Å². The monoisotopic (exact) mass is 623 g/mol. The zero-order chi connectivity index (χ0) is 32.1. The third-order valence-electron chi connectivity index (χ3n) is 10.4. The summed E-state index contributed by atoms with van der Waals surface area (Å²) in [5.41, 5.74) is 10.8. The van der Waals surface area contributed by atoms with Gasteiger partial charge in [0.05, 0.1) is 38.8 Å². The third-order valence-corrected chi connectivity index (χ3v) is 10.4. The first kappa shape index (κ1) is 26.5. The van der Waals surface area contributed by atoms with Crippen LogP contribution in [-0.2, 0) is 0 Å². The van der Waals surface area contributed by atoms with Crippen molar-refractivity contribution in [2.45, 2.75) is 0 Å². The maximum atomic E-state index is 2.43. The number of hydrogen-bond acceptors (Lipinski definition) is 0. The van der Waals surface area contributed by atoms with Gasteiger partial charge in [0, 0.05) is 49.1 Å². The summed E-state index contributed by atoms with van der Waals surface area (Å²) in [7, 11) is 0. The van der Waals surface area contributed by atoms with Crippen LogP contribution < -0.4 is 0 Å². The molecule has 0 aliphatic carbocycles. The van der Waals surface area contributed by atoms with Crippen LogP contribution in [0.15, 0.2) is 176 Å². The Morgan fingerprint density at radius 2 is 0.612 bits per heavy atom. The zero-order valence-electron chi connectivity index (χ0n) is 26.6. The normalized spacial score (nSPS) is 12.1. The second-order valence-electron chi connectivity index (χ2n) is 13.0. The van der Waals surface area contributed by atoms with E-state index in [0.29, 0.717) is 0 Å². The fourth-order valence-electron chi connectivity index (χ4n) is 8.34. The molecule has 0 N–H and O–H groups in total. The van der Waals surface area contributed by atoms with Crippen molar-refractivity contribution in [3.63, 3.8) is 0 Å². The summed E-state index contributed by atoms with van der Waals surface area (Å²) < 4.78 is 7.27. The number of hydrogen-bond donors (Lipinski definition) is 0. The Hall–Kier alpha value is -6.58. The van der Waals surface area contributed by atoms with E-state index in [2.05, 4.69) is 190 Å². The predicted molar refractivity (Wildman–Crippen MR) is 207 cm³/mol. The first-order valence-electron chi connectivity index (χ1n) is 16.9. The van der Waals surface area contributed by atoms with Crippen LogP contribution in [0.25, 0.3) is 93.3 Å². The van der Waals surface area contributed by atoms with Gasteiger partial charge in [-0.15, -0.1) is 0 Å². The molecule has 8 aromatic carbocycles. The lowest BCUT2D eigenvalue weighted by Gasteiger charge is -2.13. The summed E-state index contributed by atoms with van der Waals surface area (Å²) in [6.45, 7) is 0. The van der Waals surface area contributed by atoms with Crippen LogP contribution in [0, 0.1) is 0 Å². The third kappa shape index (κ3) is 3.67. The average molecular weight is 624 g/mol. The van der Waals surface area contributed by atoms with Gasteiger partial charge in [0.1, 0.15) is 0 Å². The zero-order valence-corrected chi connectivity index (χ0v) is 26.6. The standard InChI is InChI=1S/C46H29N3/c1-2-14-33-30(12-1)13-11-23-40(33)49-44-22-10-6-18-37(44)39-29-32(25-27-46(39)49)48-43-21-9-5-17-36(43)38-28-31(24-26-45(38)48)47-41-19-7-3-15-34(41)35-16-4-8-20-42(35)47/h1-29H. The fourth-order valence-corrected chi connectivity index (χ4v) is 8.34. The second-order valence-corrected chi connectivity index (χ2v) is 13.0. The van der Waals surface area contributed by atoms with Crippen molar-refractivity contribution in [2.24, 2.45) is 0 Å². The van der Waals surface area contributed by atoms with E-state index in [-0.39, 0.29) is 0 Å². The molecule has 3 aromatic heterocycles. The van der Waals surface area contributed by atoms with E-state index in [0.717, 1.165) is 5.69 Å². The fraction of sp³-hybridized carbons (Fsp3) is 0. The van der Waals surface area contributed by atoms with E-state index in [1.54, 1.807) is 0 Å². The van der Waals surface area contributed by atoms with Crippen LogP contribution in [0.1, 0.15) is 0 Å². The number of para-hydroxylation sites is 4. The molecule has 11 aromatic rings. The Morgan fingerprint density at radius 3 is 1.14 bits per heavy atom. The Morgan fingerprint density at radius 1 is 0.245 bits per heavy atom. The molecule has 228 valence electrons. The summed E-state index contributed by atoms with van der Waals surface area (Å²) in [5.74, 6) is 0. The molecule has 0 spiro atoms. The average Bonchev–Trinajstić information content (AvgIpc) is 3.80. The smallest absolute Gasteiger partial charge is 0.0542 e. The van der Waals surface area contributed by atoms with E-state index >= 15 is 0 Å². The van der Waals surface area contributed by atoms with Gasteiger partial charge >= 0.3 is 0 Å². The topological polar surface area (TPSA) is 14.8 Å². The first-order valence-corrected chi connectivity index (χ1v) is 16.9. The van der Waals surface area contributed by atoms with Crippen molar-refractivity contribution < 1.29 is 0 Å². The van der Waals surface area contributed by atoms with E-state index in [9.17, 15) is 0 Å². The number of benzene rings is 8. The van der Waals surface area contributed by atoms with Crippen molar-refractivity contribution in [2.75, 3.05) is 0 Å². The molecule has 0 radical (unpaired) electrons. The largest absolute Gasteiger partial charge is 0.309 e. The molecule has 11 rings (SSSR count). The van der Waals surface area contributed by atoms with Crippen LogP contribution in [-0.4, -0.2) is 13.7 Å². The van der Waals surface area contributed by atoms with Crippen molar-refractivity contribution in [3.8, 4) is 17.1 Å². The van der Waals surface area contributed by atoms with Gasteiger partial charge < -0.3 is 13.7 Å². The first-order chi connectivity index (χ1) is 24.3. The Labute approximate surface area is 282 Å². The summed E-state index contributed by atoms with van der Waals surface area (Å²) >= 11 is 0. The minimum Gasteiger partial charge on any atom is -0.309 e. The van der Waals surface area contributed by atoms with Gasteiger partial charge in [0.15, 0.2) is 0 Å². The lowest BCUT2D eigenvalue weighted by Crippen LogP contribution is -1.97. The van der Waals surface area contributed by atoms with Crippen molar-refractivity contribution in [1.29, 1.82) is 0 Å². The summed E-state index contributed by atoms with van der Waals surface area (Å²) in [5, 5.41) is 10.0. The Bertz CT molecular complexity index is 3060. The highest BCUT2D eigenvalue weighted by Crippen LogP contribution is 2.39. The minimum atomic E-state index is 1.16. The minimum absolute atomic E-state index is 1.16. The van der Waals surface area contributed by atoms with Crippen molar-refractivity contribution >= 4 is 76.2 Å². The molecule has 0 aliphatic heterocycles. The summed E-state index contributed by atoms with van der Waals surface area (Å²) in [4.78, 5) is 0. The molecule has 0 saturated carbocycles. The quantitative estimate of drug-likeness (QED) is 0.186. The molecule has 0 unspecified atom stereocenters. The van der Waals surface area contributed by atoms with Crippen LogP contribution in [0.3, 0.4) is 0 Å². The van der Waals surface area contributed by atoms with Crippen LogP contribution in [0.5, 0.6) is 0 Å². The maximum Gasteiger partial charge on any atom is 0.0542 e. The van der Waals surface area contributed by atoms with Gasteiger partial charge in [-0.25, -0.2) is 0 Å². The van der Waals surface area contributed by atoms with Gasteiger partial charge in [0.25, 0.3) is 0 Å². The number of rotatable bonds is 3. The van der Waals surface area contributed by atoms with Gasteiger partial charge in [0.2, 0.25) is 0 Å². The van der Waals surface area contributed by atoms with Crippen LogP contribution in [0.2, 0.25) is 0 Å². The molecule has 3 heterocycles. The number of aromatic nitrogens is 3. The van der Waals surface area contributed by atoms with Gasteiger partial charge in [-0.1, -0.05) is 109 Å². The van der Waals surface area contributed by atoms with Gasteiger partial charge in [-0.05, 0) is 72.1 Å². The van der Waals surface area contributed by atoms with Crippen LogP contribution in [0.4, 0.5) is 0 Å². The predicted octanol–water partition coefficient (Wildman–Crippen LogP) is 12.1.